The molecule has 1 aliphatic carbocycles. The molecule has 0 radical (unpaired) electrons. The number of thiophene rings is 1. The van der Waals surface area contributed by atoms with Crippen LogP contribution in [0.4, 0.5) is 11.6 Å². The lowest BCUT2D eigenvalue weighted by Crippen LogP contribution is -2.16. The van der Waals surface area contributed by atoms with Gasteiger partial charge in [-0.25, -0.2) is 4.98 Å². The van der Waals surface area contributed by atoms with Crippen molar-refractivity contribution in [1.29, 1.82) is 0 Å². The second-order valence-electron chi connectivity index (χ2n) is 4.57. The van der Waals surface area contributed by atoms with Gasteiger partial charge >= 0.3 is 0 Å². The van der Waals surface area contributed by atoms with Gasteiger partial charge < -0.3 is 11.1 Å². The fraction of sp³-hybridized carbons (Fsp3) is 0.308. The van der Waals surface area contributed by atoms with E-state index in [1.54, 1.807) is 6.07 Å². The van der Waals surface area contributed by atoms with Crippen LogP contribution in [0, 0.1) is 0 Å². The van der Waals surface area contributed by atoms with Gasteiger partial charge in [0.15, 0.2) is 0 Å². The predicted octanol–water partition coefficient (Wildman–Crippen LogP) is 4.52. The van der Waals surface area contributed by atoms with Crippen molar-refractivity contribution in [3.05, 3.63) is 38.0 Å². The number of hydrogen-bond acceptors (Lipinski definition) is 4. The van der Waals surface area contributed by atoms with E-state index in [4.69, 9.17) is 28.9 Å². The number of fused-ring (bicyclic) bond motifs is 1. The minimum Gasteiger partial charge on any atom is -0.382 e. The predicted molar refractivity (Wildman–Crippen MR) is 82.3 cm³/mol. The van der Waals surface area contributed by atoms with E-state index < -0.39 is 0 Å². The number of rotatable bonds is 2. The van der Waals surface area contributed by atoms with E-state index in [9.17, 15) is 0 Å². The molecule has 0 saturated carbocycles. The van der Waals surface area contributed by atoms with Gasteiger partial charge in [-0.2, -0.15) is 0 Å². The maximum absolute atomic E-state index is 6.16. The topological polar surface area (TPSA) is 50.9 Å². The lowest BCUT2D eigenvalue weighted by atomic mass is 9.94. The van der Waals surface area contributed by atoms with Crippen LogP contribution in [0.5, 0.6) is 0 Å². The van der Waals surface area contributed by atoms with Gasteiger partial charge in [0.1, 0.15) is 11.6 Å². The number of aromatic nitrogens is 1. The van der Waals surface area contributed by atoms with E-state index in [1.807, 2.05) is 11.3 Å². The highest BCUT2D eigenvalue weighted by atomic mass is 35.5. The second kappa shape index (κ2) is 5.19. The fourth-order valence-corrected chi connectivity index (χ4v) is 3.78. The number of nitrogens with two attached hydrogens (primary N) is 1. The van der Waals surface area contributed by atoms with Gasteiger partial charge in [0, 0.05) is 4.88 Å². The van der Waals surface area contributed by atoms with Gasteiger partial charge in [-0.05, 0) is 42.3 Å². The highest BCUT2D eigenvalue weighted by molar-refractivity contribution is 7.10. The van der Waals surface area contributed by atoms with Crippen LogP contribution in [0.15, 0.2) is 17.5 Å². The lowest BCUT2D eigenvalue weighted by molar-refractivity contribution is 0.607. The van der Waals surface area contributed by atoms with Crippen molar-refractivity contribution in [1.82, 2.24) is 4.98 Å². The molecule has 100 valence electrons. The fourth-order valence-electron chi connectivity index (χ4n) is 2.38. The van der Waals surface area contributed by atoms with Crippen LogP contribution in [0.2, 0.25) is 10.0 Å². The molecule has 0 fully saturated rings. The smallest absolute Gasteiger partial charge is 0.147 e. The highest BCUT2D eigenvalue weighted by Gasteiger charge is 2.22. The number of nitrogens with one attached hydrogen (secondary N) is 1. The van der Waals surface area contributed by atoms with Crippen molar-refractivity contribution in [2.45, 2.75) is 25.3 Å². The third-order valence-electron chi connectivity index (χ3n) is 3.32. The van der Waals surface area contributed by atoms with Gasteiger partial charge in [-0.15, -0.1) is 11.3 Å². The summed E-state index contributed by atoms with van der Waals surface area (Å²) in [6.45, 7) is 0. The standard InChI is InChI=1S/C13H13Cl2N3S/c14-8-6-9(15)13(18-12(8)16)17-10-2-1-3-11-7(10)4-5-19-11/h4-6,10H,1-3H2,(H3,16,17,18). The third-order valence-corrected chi connectivity index (χ3v) is 4.91. The number of hydrogen-bond donors (Lipinski definition) is 2. The van der Waals surface area contributed by atoms with Crippen molar-refractivity contribution in [3.8, 4) is 0 Å². The maximum atomic E-state index is 6.16. The number of pyridine rings is 1. The Morgan fingerprint density at radius 1 is 1.37 bits per heavy atom. The number of nitrogens with zero attached hydrogens (tertiary/aromatic N) is 1. The largest absolute Gasteiger partial charge is 0.382 e. The second-order valence-corrected chi connectivity index (χ2v) is 6.39. The molecular weight excluding hydrogens is 301 g/mol. The average molecular weight is 314 g/mol. The molecule has 3 nitrogen and oxygen atoms in total. The molecule has 0 aromatic carbocycles. The molecule has 3 N–H and O–H groups in total. The summed E-state index contributed by atoms with van der Waals surface area (Å²) in [6, 6.07) is 4.05. The lowest BCUT2D eigenvalue weighted by Gasteiger charge is -2.24. The molecule has 2 aromatic rings. The Kier molecular flexibility index (Phi) is 3.56. The van der Waals surface area contributed by atoms with Gasteiger partial charge in [0.2, 0.25) is 0 Å². The van der Waals surface area contributed by atoms with Crippen LogP contribution >= 0.6 is 34.5 Å². The van der Waals surface area contributed by atoms with Crippen LogP contribution in [-0.2, 0) is 6.42 Å². The minimum atomic E-state index is 0.251. The first-order valence-electron chi connectivity index (χ1n) is 6.09. The van der Waals surface area contributed by atoms with E-state index in [2.05, 4.69) is 21.7 Å². The van der Waals surface area contributed by atoms with Crippen LogP contribution in [0.25, 0.3) is 0 Å². The van der Waals surface area contributed by atoms with Gasteiger partial charge in [0.05, 0.1) is 16.1 Å². The summed E-state index contributed by atoms with van der Waals surface area (Å²) in [5.41, 5.74) is 7.08. The van der Waals surface area contributed by atoms with E-state index in [0.29, 0.717) is 21.7 Å². The number of aryl methyl sites for hydroxylation is 1. The molecule has 0 spiro atoms. The molecular formula is C13H13Cl2N3S. The summed E-state index contributed by atoms with van der Waals surface area (Å²) < 4.78 is 0. The molecule has 1 unspecified atom stereocenters. The Morgan fingerprint density at radius 3 is 3.05 bits per heavy atom. The summed E-state index contributed by atoms with van der Waals surface area (Å²) in [7, 11) is 0. The summed E-state index contributed by atoms with van der Waals surface area (Å²) in [6.07, 6.45) is 3.41. The molecule has 0 aliphatic heterocycles. The maximum Gasteiger partial charge on any atom is 0.147 e. The van der Waals surface area contributed by atoms with E-state index in [1.165, 1.54) is 16.9 Å². The Morgan fingerprint density at radius 2 is 2.21 bits per heavy atom. The summed E-state index contributed by atoms with van der Waals surface area (Å²) in [5.74, 6) is 0.905. The highest BCUT2D eigenvalue weighted by Crippen LogP contribution is 2.37. The molecule has 2 heterocycles. The minimum absolute atomic E-state index is 0.251. The molecule has 1 atom stereocenters. The molecule has 2 aromatic heterocycles. The molecule has 0 amide bonds. The normalized spacial score (nSPS) is 18.1. The average Bonchev–Trinajstić information content (AvgIpc) is 2.85. The monoisotopic (exact) mass is 313 g/mol. The number of anilines is 2. The molecule has 19 heavy (non-hydrogen) atoms. The number of nitrogen functional groups attached to an aromatic ring is 1. The number of halogens is 2. The van der Waals surface area contributed by atoms with Crippen LogP contribution in [-0.4, -0.2) is 4.98 Å². The molecule has 0 bridgehead atoms. The molecule has 0 saturated heterocycles. The summed E-state index contributed by atoms with van der Waals surface area (Å²) in [4.78, 5) is 5.68. The Balaban J connectivity index is 1.89. The van der Waals surface area contributed by atoms with E-state index >= 15 is 0 Å². The first-order valence-corrected chi connectivity index (χ1v) is 7.73. The van der Waals surface area contributed by atoms with Gasteiger partial charge in [-0.3, -0.25) is 0 Å². The first-order chi connectivity index (χ1) is 9.15. The van der Waals surface area contributed by atoms with Crippen molar-refractivity contribution in [2.75, 3.05) is 11.1 Å². The zero-order valence-electron chi connectivity index (χ0n) is 10.1. The quantitative estimate of drug-likeness (QED) is 0.857. The van der Waals surface area contributed by atoms with Crippen LogP contribution in [0.1, 0.15) is 29.3 Å². The Hall–Kier alpha value is -0.970. The SMILES string of the molecule is Nc1nc(NC2CCCc3sccc32)c(Cl)cc1Cl. The third kappa shape index (κ3) is 2.53. The van der Waals surface area contributed by atoms with E-state index in [-0.39, 0.29) is 6.04 Å². The van der Waals surface area contributed by atoms with Crippen LogP contribution in [0.3, 0.4) is 0 Å². The first kappa shape index (κ1) is 13.0. The van der Waals surface area contributed by atoms with Gasteiger partial charge in [0.25, 0.3) is 0 Å². The zero-order valence-corrected chi connectivity index (χ0v) is 12.4. The van der Waals surface area contributed by atoms with Crippen LogP contribution < -0.4 is 11.1 Å². The summed E-state index contributed by atoms with van der Waals surface area (Å²) in [5, 5.41) is 6.41. The van der Waals surface area contributed by atoms with Crippen molar-refractivity contribution < 1.29 is 0 Å². The zero-order chi connectivity index (χ0) is 13.4. The Labute approximate surface area is 125 Å². The van der Waals surface area contributed by atoms with Gasteiger partial charge in [-0.1, -0.05) is 23.2 Å². The van der Waals surface area contributed by atoms with Crippen molar-refractivity contribution in [2.24, 2.45) is 0 Å². The van der Waals surface area contributed by atoms with Crippen molar-refractivity contribution >= 4 is 46.2 Å². The van der Waals surface area contributed by atoms with E-state index in [0.717, 1.165) is 12.8 Å². The molecule has 1 aliphatic rings. The Bertz CT molecular complexity index is 612. The van der Waals surface area contributed by atoms with Crippen molar-refractivity contribution in [3.63, 3.8) is 0 Å². The molecule has 3 rings (SSSR count). The molecule has 6 heteroatoms. The summed E-state index contributed by atoms with van der Waals surface area (Å²) >= 11 is 13.9.